The predicted molar refractivity (Wildman–Crippen MR) is 113 cm³/mol. The number of halogens is 3. The number of benzene rings is 2. The number of anilines is 3. The minimum atomic E-state index is -4.49. The number of hydrogen-bond donors (Lipinski definition) is 2. The van der Waals surface area contributed by atoms with Gasteiger partial charge in [-0.2, -0.15) is 13.2 Å². The van der Waals surface area contributed by atoms with E-state index in [0.29, 0.717) is 12.3 Å². The van der Waals surface area contributed by atoms with E-state index in [4.69, 9.17) is 4.74 Å². The molecule has 0 radical (unpaired) electrons. The van der Waals surface area contributed by atoms with Crippen molar-refractivity contribution in [1.29, 1.82) is 0 Å². The van der Waals surface area contributed by atoms with Gasteiger partial charge in [-0.25, -0.2) is 9.97 Å². The monoisotopic (exact) mass is 422 g/mol. The van der Waals surface area contributed by atoms with Gasteiger partial charge in [-0.3, -0.25) is 0 Å². The third-order valence-corrected chi connectivity index (χ3v) is 5.02. The smallest absolute Gasteiger partial charge is 0.433 e. The number of hydrogen-bond acceptors (Lipinski definition) is 5. The highest BCUT2D eigenvalue weighted by molar-refractivity contribution is 5.84. The van der Waals surface area contributed by atoms with Crippen LogP contribution in [0.15, 0.2) is 72.8 Å². The van der Waals surface area contributed by atoms with Crippen molar-refractivity contribution < 1.29 is 17.9 Å². The van der Waals surface area contributed by atoms with Gasteiger partial charge >= 0.3 is 6.18 Å². The Hall–Kier alpha value is -3.81. The lowest BCUT2D eigenvalue weighted by molar-refractivity contribution is -0.141. The third-order valence-electron chi connectivity index (χ3n) is 5.02. The second-order valence-electron chi connectivity index (χ2n) is 7.18. The highest BCUT2D eigenvalue weighted by Crippen LogP contribution is 2.34. The molecule has 5 rings (SSSR count). The molecule has 1 unspecified atom stereocenters. The predicted octanol–water partition coefficient (Wildman–Crippen LogP) is 5.94. The van der Waals surface area contributed by atoms with Gasteiger partial charge in [0, 0.05) is 16.6 Å². The molecule has 1 aliphatic heterocycles. The second-order valence-corrected chi connectivity index (χ2v) is 7.18. The van der Waals surface area contributed by atoms with Gasteiger partial charge in [0.1, 0.15) is 29.7 Å². The Kier molecular flexibility index (Phi) is 4.62. The zero-order valence-electron chi connectivity index (χ0n) is 16.1. The number of fused-ring (bicyclic) bond motifs is 2. The van der Waals surface area contributed by atoms with Crippen LogP contribution >= 0.6 is 0 Å². The zero-order valence-corrected chi connectivity index (χ0v) is 16.1. The second kappa shape index (κ2) is 7.46. The molecule has 0 fully saturated rings. The number of para-hydroxylation sites is 1. The summed E-state index contributed by atoms with van der Waals surface area (Å²) in [5.74, 6) is 1.72. The summed E-state index contributed by atoms with van der Waals surface area (Å²) < 4.78 is 44.3. The third kappa shape index (κ3) is 3.96. The van der Waals surface area contributed by atoms with Crippen molar-refractivity contribution in [3.8, 4) is 5.75 Å². The van der Waals surface area contributed by atoms with Crippen LogP contribution < -0.4 is 15.4 Å². The van der Waals surface area contributed by atoms with Crippen molar-refractivity contribution in [1.82, 2.24) is 9.97 Å². The van der Waals surface area contributed by atoms with Gasteiger partial charge in [-0.05, 0) is 48.5 Å². The van der Waals surface area contributed by atoms with Gasteiger partial charge in [0.25, 0.3) is 0 Å². The van der Waals surface area contributed by atoms with E-state index in [1.807, 2.05) is 48.5 Å². The number of rotatable bonds is 4. The molecule has 2 aromatic carbocycles. The number of aromatic nitrogens is 2. The van der Waals surface area contributed by atoms with E-state index in [9.17, 15) is 13.2 Å². The first-order valence-corrected chi connectivity index (χ1v) is 9.66. The van der Waals surface area contributed by atoms with Crippen molar-refractivity contribution in [3.05, 3.63) is 84.1 Å². The topological polar surface area (TPSA) is 59.1 Å². The van der Waals surface area contributed by atoms with Gasteiger partial charge in [-0.15, -0.1) is 0 Å². The summed E-state index contributed by atoms with van der Waals surface area (Å²) in [6.07, 6.45) is -4.49. The molecule has 0 aliphatic carbocycles. The minimum absolute atomic E-state index is 0.0223. The number of nitrogens with zero attached hydrogens (tertiary/aromatic N) is 2. The summed E-state index contributed by atoms with van der Waals surface area (Å²) in [6, 6.07) is 20.8. The van der Waals surface area contributed by atoms with Crippen LogP contribution in [0.2, 0.25) is 0 Å². The maximum Gasteiger partial charge on any atom is 0.433 e. The van der Waals surface area contributed by atoms with E-state index in [-0.39, 0.29) is 11.9 Å². The summed E-state index contributed by atoms with van der Waals surface area (Å²) >= 11 is 0. The van der Waals surface area contributed by atoms with Crippen LogP contribution in [-0.2, 0) is 6.18 Å². The fourth-order valence-corrected chi connectivity index (χ4v) is 3.55. The van der Waals surface area contributed by atoms with E-state index in [0.717, 1.165) is 34.1 Å². The maximum atomic E-state index is 12.9. The lowest BCUT2D eigenvalue weighted by atomic mass is 10.1. The van der Waals surface area contributed by atoms with Crippen molar-refractivity contribution >= 4 is 28.2 Å². The van der Waals surface area contributed by atoms with Crippen molar-refractivity contribution in [2.75, 3.05) is 17.2 Å². The SMILES string of the molecule is FC(F)(F)c1cccc(Nc2ccc3nc(NC4COc5ccccc54)ccc3c2)n1. The molecule has 0 saturated carbocycles. The van der Waals surface area contributed by atoms with E-state index in [1.54, 1.807) is 6.07 Å². The van der Waals surface area contributed by atoms with Crippen LogP contribution in [0.25, 0.3) is 10.9 Å². The average Bonchev–Trinajstić information content (AvgIpc) is 3.16. The van der Waals surface area contributed by atoms with Gasteiger partial charge in [0.2, 0.25) is 0 Å². The molecule has 0 amide bonds. The highest BCUT2D eigenvalue weighted by atomic mass is 19.4. The summed E-state index contributed by atoms with van der Waals surface area (Å²) in [4.78, 5) is 8.28. The van der Waals surface area contributed by atoms with E-state index >= 15 is 0 Å². The molecule has 4 aromatic rings. The Morgan fingerprint density at radius 1 is 0.871 bits per heavy atom. The van der Waals surface area contributed by atoms with Crippen LogP contribution in [0.1, 0.15) is 17.3 Å². The average molecular weight is 422 g/mol. The maximum absolute atomic E-state index is 12.9. The number of pyridine rings is 2. The molecule has 2 N–H and O–H groups in total. The first-order valence-electron chi connectivity index (χ1n) is 9.66. The Balaban J connectivity index is 1.35. The van der Waals surface area contributed by atoms with Crippen LogP contribution in [0, 0.1) is 0 Å². The molecule has 0 spiro atoms. The van der Waals surface area contributed by atoms with Crippen molar-refractivity contribution in [2.24, 2.45) is 0 Å². The number of ether oxygens (including phenoxy) is 1. The number of alkyl halides is 3. The summed E-state index contributed by atoms with van der Waals surface area (Å²) in [5.41, 5.74) is 1.55. The fourth-order valence-electron chi connectivity index (χ4n) is 3.55. The molecule has 2 aromatic heterocycles. The Labute approximate surface area is 175 Å². The van der Waals surface area contributed by atoms with Crippen LogP contribution in [-0.4, -0.2) is 16.6 Å². The lowest BCUT2D eigenvalue weighted by Crippen LogP contribution is -2.12. The zero-order chi connectivity index (χ0) is 21.4. The van der Waals surface area contributed by atoms with Crippen LogP contribution in [0.3, 0.4) is 0 Å². The minimum Gasteiger partial charge on any atom is -0.491 e. The lowest BCUT2D eigenvalue weighted by Gasteiger charge is -2.13. The fraction of sp³-hybridized carbons (Fsp3) is 0.130. The van der Waals surface area contributed by atoms with Gasteiger partial charge in [-0.1, -0.05) is 24.3 Å². The highest BCUT2D eigenvalue weighted by Gasteiger charge is 2.32. The molecule has 0 saturated heterocycles. The van der Waals surface area contributed by atoms with Crippen molar-refractivity contribution in [3.63, 3.8) is 0 Å². The molecule has 0 bridgehead atoms. The molecular formula is C23H17F3N4O. The first-order chi connectivity index (χ1) is 15.0. The van der Waals surface area contributed by atoms with Gasteiger partial charge in [0.05, 0.1) is 11.6 Å². The quantitative estimate of drug-likeness (QED) is 0.426. The Bertz CT molecular complexity index is 1260. The standard InChI is InChI=1S/C23H17F3N4O/c24-23(25,26)20-6-3-7-21(30-20)27-15-9-10-17-14(12-15)8-11-22(28-17)29-18-13-31-19-5-2-1-4-16(18)19/h1-12,18H,13H2,(H,27,30)(H,28,29). The largest absolute Gasteiger partial charge is 0.491 e. The summed E-state index contributed by atoms with van der Waals surface area (Å²) in [5, 5.41) is 7.17. The molecule has 8 heteroatoms. The van der Waals surface area contributed by atoms with Crippen LogP contribution in [0.4, 0.5) is 30.5 Å². The van der Waals surface area contributed by atoms with E-state index in [1.165, 1.54) is 12.1 Å². The van der Waals surface area contributed by atoms with E-state index in [2.05, 4.69) is 20.6 Å². The molecule has 1 atom stereocenters. The number of nitrogens with one attached hydrogen (secondary N) is 2. The van der Waals surface area contributed by atoms with Gasteiger partial charge < -0.3 is 15.4 Å². The molecule has 156 valence electrons. The molecule has 5 nitrogen and oxygen atoms in total. The molecule has 1 aliphatic rings. The normalized spacial score (nSPS) is 15.4. The van der Waals surface area contributed by atoms with Crippen LogP contribution in [0.5, 0.6) is 5.75 Å². The molecular weight excluding hydrogens is 405 g/mol. The Morgan fingerprint density at radius 3 is 2.61 bits per heavy atom. The molecule has 31 heavy (non-hydrogen) atoms. The van der Waals surface area contributed by atoms with Crippen molar-refractivity contribution in [2.45, 2.75) is 12.2 Å². The van der Waals surface area contributed by atoms with E-state index < -0.39 is 11.9 Å². The first kappa shape index (κ1) is 19.2. The summed E-state index contributed by atoms with van der Waals surface area (Å²) in [6.45, 7) is 0.534. The summed E-state index contributed by atoms with van der Waals surface area (Å²) in [7, 11) is 0. The molecule has 3 heterocycles. The van der Waals surface area contributed by atoms with Gasteiger partial charge in [0.15, 0.2) is 0 Å². The Morgan fingerprint density at radius 2 is 1.74 bits per heavy atom.